The van der Waals surface area contributed by atoms with Gasteiger partial charge in [0, 0.05) is 11.8 Å². The zero-order chi connectivity index (χ0) is 14.4. The molecule has 0 aliphatic heterocycles. The molecule has 2 rings (SSSR count). The second-order valence-electron chi connectivity index (χ2n) is 4.00. The Morgan fingerprint density at radius 3 is 2.50 bits per heavy atom. The van der Waals surface area contributed by atoms with Gasteiger partial charge in [-0.15, -0.1) is 0 Å². The first-order valence-electron chi connectivity index (χ1n) is 5.92. The van der Waals surface area contributed by atoms with Gasteiger partial charge in [-0.2, -0.15) is 0 Å². The Bertz CT molecular complexity index is 620. The molecule has 2 aromatic carbocycles. The van der Waals surface area contributed by atoms with Crippen LogP contribution in [0, 0.1) is 0 Å². The molecule has 2 N–H and O–H groups in total. The predicted octanol–water partition coefficient (Wildman–Crippen LogP) is 2.12. The van der Waals surface area contributed by atoms with E-state index in [4.69, 9.17) is 9.84 Å². The second kappa shape index (κ2) is 6.38. The van der Waals surface area contributed by atoms with Gasteiger partial charge in [0.2, 0.25) is 0 Å². The van der Waals surface area contributed by atoms with Gasteiger partial charge in [0.05, 0.1) is 0 Å². The fraction of sp³-hybridized carbons (Fsp3) is 0.0667. The molecule has 0 fully saturated rings. The van der Waals surface area contributed by atoms with Crippen LogP contribution in [0.25, 0.3) is 0 Å². The number of aromatic hydroxyl groups is 2. The van der Waals surface area contributed by atoms with Crippen LogP contribution in [-0.2, 0) is 4.79 Å². The van der Waals surface area contributed by atoms with Crippen molar-refractivity contribution in [1.82, 2.24) is 0 Å². The number of carbonyl (C=O) groups is 1. The number of hydrogen-bond donors (Lipinski definition) is 2. The molecule has 2 aromatic rings. The Morgan fingerprint density at radius 2 is 1.80 bits per heavy atom. The summed E-state index contributed by atoms with van der Waals surface area (Å²) in [5, 5.41) is 18.6. The van der Waals surface area contributed by atoms with Crippen molar-refractivity contribution in [2.24, 2.45) is 4.99 Å². The number of para-hydroxylation sites is 1. The molecule has 20 heavy (non-hydrogen) atoms. The van der Waals surface area contributed by atoms with Crippen LogP contribution < -0.4 is 4.74 Å². The molecule has 5 heteroatoms. The number of nitrogens with zero attached hydrogens (tertiary/aromatic N) is 1. The van der Waals surface area contributed by atoms with Crippen molar-refractivity contribution in [3.8, 4) is 17.2 Å². The summed E-state index contributed by atoms with van der Waals surface area (Å²) in [6.07, 6.45) is 1.41. The Morgan fingerprint density at radius 1 is 1.10 bits per heavy atom. The minimum absolute atomic E-state index is 0.0994. The third-order valence-electron chi connectivity index (χ3n) is 2.46. The van der Waals surface area contributed by atoms with Crippen molar-refractivity contribution in [2.75, 3.05) is 6.54 Å². The molecule has 0 heterocycles. The normalized spacial score (nSPS) is 10.6. The lowest BCUT2D eigenvalue weighted by molar-refractivity contribution is -0.132. The van der Waals surface area contributed by atoms with Crippen LogP contribution in [0.4, 0.5) is 0 Å². The first kappa shape index (κ1) is 13.6. The molecule has 0 atom stereocenters. The van der Waals surface area contributed by atoms with Crippen LogP contribution in [0.15, 0.2) is 53.5 Å². The van der Waals surface area contributed by atoms with Crippen molar-refractivity contribution in [3.63, 3.8) is 0 Å². The maximum atomic E-state index is 11.5. The molecule has 0 saturated heterocycles. The number of carbonyl (C=O) groups excluding carboxylic acids is 1. The van der Waals surface area contributed by atoms with E-state index >= 15 is 0 Å². The van der Waals surface area contributed by atoms with Gasteiger partial charge in [-0.25, -0.2) is 4.79 Å². The van der Waals surface area contributed by atoms with Gasteiger partial charge >= 0.3 is 5.97 Å². The fourth-order valence-electron chi connectivity index (χ4n) is 1.49. The average Bonchev–Trinajstić information content (AvgIpc) is 2.43. The van der Waals surface area contributed by atoms with Gasteiger partial charge < -0.3 is 14.9 Å². The van der Waals surface area contributed by atoms with Crippen LogP contribution in [0.5, 0.6) is 17.2 Å². The zero-order valence-corrected chi connectivity index (χ0v) is 10.6. The lowest BCUT2D eigenvalue weighted by Crippen LogP contribution is -2.11. The molecule has 0 aliphatic carbocycles. The number of phenols is 2. The average molecular weight is 271 g/mol. The molecule has 0 saturated carbocycles. The molecule has 0 unspecified atom stereocenters. The Kier molecular flexibility index (Phi) is 4.34. The number of hydrogen-bond acceptors (Lipinski definition) is 5. The summed E-state index contributed by atoms with van der Waals surface area (Å²) in [5.74, 6) is 0.0124. The van der Waals surface area contributed by atoms with Crippen LogP contribution in [0.2, 0.25) is 0 Å². The molecule has 0 bridgehead atoms. The summed E-state index contributed by atoms with van der Waals surface area (Å²) in [6.45, 7) is -0.158. The Balaban J connectivity index is 1.89. The Labute approximate surface area is 115 Å². The summed E-state index contributed by atoms with van der Waals surface area (Å²) in [7, 11) is 0. The maximum absolute atomic E-state index is 11.5. The van der Waals surface area contributed by atoms with E-state index in [1.807, 2.05) is 0 Å². The van der Waals surface area contributed by atoms with Gasteiger partial charge in [0.1, 0.15) is 23.8 Å². The zero-order valence-electron chi connectivity index (χ0n) is 10.6. The highest BCUT2D eigenvalue weighted by Crippen LogP contribution is 2.16. The monoisotopic (exact) mass is 271 g/mol. The van der Waals surface area contributed by atoms with Gasteiger partial charge in [-0.1, -0.05) is 12.1 Å². The van der Waals surface area contributed by atoms with Gasteiger partial charge in [-0.05, 0) is 36.4 Å². The van der Waals surface area contributed by atoms with Gasteiger partial charge in [0.25, 0.3) is 0 Å². The number of benzene rings is 2. The molecule has 102 valence electrons. The number of phenolic OH excluding ortho intramolecular Hbond substituents is 2. The van der Waals surface area contributed by atoms with Crippen molar-refractivity contribution in [3.05, 3.63) is 54.1 Å². The van der Waals surface area contributed by atoms with E-state index in [-0.39, 0.29) is 18.0 Å². The van der Waals surface area contributed by atoms with E-state index in [2.05, 4.69) is 4.99 Å². The highest BCUT2D eigenvalue weighted by Gasteiger charge is 2.03. The first-order chi connectivity index (χ1) is 9.65. The van der Waals surface area contributed by atoms with Crippen molar-refractivity contribution in [1.29, 1.82) is 0 Å². The number of aliphatic imine (C=N–C) groups is 1. The summed E-state index contributed by atoms with van der Waals surface area (Å²) >= 11 is 0. The van der Waals surface area contributed by atoms with Gasteiger partial charge in [-0.3, -0.25) is 4.99 Å². The molecular weight excluding hydrogens is 258 g/mol. The summed E-state index contributed by atoms with van der Waals surface area (Å²) in [5.41, 5.74) is 0.532. The summed E-state index contributed by atoms with van der Waals surface area (Å²) < 4.78 is 5.01. The van der Waals surface area contributed by atoms with E-state index < -0.39 is 5.97 Å². The highest BCUT2D eigenvalue weighted by molar-refractivity contribution is 5.85. The smallest absolute Gasteiger partial charge is 0.333 e. The quantitative estimate of drug-likeness (QED) is 0.507. The standard InChI is InChI=1S/C15H13NO4/c17-12-5-7-13(8-6-12)20-15(19)10-16-9-11-3-1-2-4-14(11)18/h1-9,17-18H,10H2. The van der Waals surface area contributed by atoms with Crippen LogP contribution in [0.3, 0.4) is 0 Å². The van der Waals surface area contributed by atoms with Crippen molar-refractivity contribution in [2.45, 2.75) is 0 Å². The molecular formula is C15H13NO4. The van der Waals surface area contributed by atoms with Gasteiger partial charge in [0.15, 0.2) is 0 Å². The van der Waals surface area contributed by atoms with Crippen molar-refractivity contribution < 1.29 is 19.7 Å². The Hall–Kier alpha value is -2.82. The predicted molar refractivity (Wildman–Crippen MR) is 74.3 cm³/mol. The summed E-state index contributed by atoms with van der Waals surface area (Å²) in [4.78, 5) is 15.4. The van der Waals surface area contributed by atoms with E-state index in [0.717, 1.165) is 0 Å². The fourth-order valence-corrected chi connectivity index (χ4v) is 1.49. The largest absolute Gasteiger partial charge is 0.508 e. The third kappa shape index (κ3) is 3.84. The molecule has 0 amide bonds. The van der Waals surface area contributed by atoms with Crippen LogP contribution in [-0.4, -0.2) is 28.9 Å². The number of ether oxygens (including phenoxy) is 1. The third-order valence-corrected chi connectivity index (χ3v) is 2.46. The number of esters is 1. The molecule has 0 aliphatic rings. The van der Waals surface area contributed by atoms with E-state index in [1.54, 1.807) is 18.2 Å². The lowest BCUT2D eigenvalue weighted by atomic mass is 10.2. The maximum Gasteiger partial charge on any atom is 0.333 e. The number of rotatable bonds is 4. The van der Waals surface area contributed by atoms with E-state index in [1.165, 1.54) is 36.5 Å². The minimum Gasteiger partial charge on any atom is -0.508 e. The highest BCUT2D eigenvalue weighted by atomic mass is 16.5. The lowest BCUT2D eigenvalue weighted by Gasteiger charge is -2.02. The minimum atomic E-state index is -0.526. The SMILES string of the molecule is O=C(CN=Cc1ccccc1O)Oc1ccc(O)cc1. The molecule has 0 spiro atoms. The van der Waals surface area contributed by atoms with E-state index in [0.29, 0.717) is 11.3 Å². The second-order valence-corrected chi connectivity index (χ2v) is 4.00. The van der Waals surface area contributed by atoms with Crippen molar-refractivity contribution >= 4 is 12.2 Å². The molecule has 0 aromatic heterocycles. The first-order valence-corrected chi connectivity index (χ1v) is 5.92. The molecule has 5 nitrogen and oxygen atoms in total. The molecule has 0 radical (unpaired) electrons. The van der Waals surface area contributed by atoms with E-state index in [9.17, 15) is 9.90 Å². The summed E-state index contributed by atoms with van der Waals surface area (Å²) in [6, 6.07) is 12.5. The van der Waals surface area contributed by atoms with Crippen LogP contribution in [0.1, 0.15) is 5.56 Å². The topological polar surface area (TPSA) is 79.1 Å². The van der Waals surface area contributed by atoms with Crippen LogP contribution >= 0.6 is 0 Å².